The van der Waals surface area contributed by atoms with E-state index < -0.39 is 0 Å². The molecule has 6 heteroatoms. The molecule has 0 aliphatic heterocycles. The number of carbonyl (C=O) groups excluding carboxylic acids is 1. The van der Waals surface area contributed by atoms with Crippen LogP contribution in [0.5, 0.6) is 0 Å². The Morgan fingerprint density at radius 2 is 2.28 bits per heavy atom. The maximum Gasteiger partial charge on any atom is 0.234 e. The molecule has 1 amide bonds. The van der Waals surface area contributed by atoms with Crippen molar-refractivity contribution in [1.29, 1.82) is 0 Å². The van der Waals surface area contributed by atoms with Gasteiger partial charge in [-0.05, 0) is 33.0 Å². The van der Waals surface area contributed by atoms with E-state index in [1.807, 2.05) is 37.9 Å². The van der Waals surface area contributed by atoms with Gasteiger partial charge in [0.2, 0.25) is 5.91 Å². The molecule has 1 aromatic rings. The molecule has 3 N–H and O–H groups in total. The summed E-state index contributed by atoms with van der Waals surface area (Å²) >= 11 is 7.45. The molecular formula is C12H20ClN3OS. The number of amides is 1. The van der Waals surface area contributed by atoms with Gasteiger partial charge in [0, 0.05) is 17.5 Å². The number of nitrogens with zero attached hydrogens (tertiary/aromatic N) is 1. The van der Waals surface area contributed by atoms with Crippen LogP contribution in [0, 0.1) is 0 Å². The maximum atomic E-state index is 11.6. The third-order valence-corrected chi connectivity index (χ3v) is 3.93. The second kappa shape index (κ2) is 7.09. The van der Waals surface area contributed by atoms with E-state index >= 15 is 0 Å². The van der Waals surface area contributed by atoms with Crippen molar-refractivity contribution in [2.24, 2.45) is 5.73 Å². The van der Waals surface area contributed by atoms with Crippen molar-refractivity contribution in [3.8, 4) is 0 Å². The van der Waals surface area contributed by atoms with Crippen molar-refractivity contribution >= 4 is 28.8 Å². The fraction of sp³-hybridized carbons (Fsp3) is 0.583. The lowest BCUT2D eigenvalue weighted by atomic mass is 10.1. The minimum Gasteiger partial charge on any atom is -0.355 e. The van der Waals surface area contributed by atoms with E-state index in [1.165, 1.54) is 11.3 Å². The zero-order valence-corrected chi connectivity index (χ0v) is 12.5. The number of likely N-dealkylation sites (N-methyl/N-ethyl adjacent to an activating group) is 2. The van der Waals surface area contributed by atoms with Gasteiger partial charge in [0.1, 0.15) is 0 Å². The fourth-order valence-electron chi connectivity index (χ4n) is 1.94. The van der Waals surface area contributed by atoms with Crippen molar-refractivity contribution in [3.63, 3.8) is 0 Å². The van der Waals surface area contributed by atoms with Gasteiger partial charge in [-0.2, -0.15) is 0 Å². The predicted molar refractivity (Wildman–Crippen MR) is 77.0 cm³/mol. The van der Waals surface area contributed by atoms with Crippen molar-refractivity contribution in [1.82, 2.24) is 10.2 Å². The number of nitrogens with one attached hydrogen (secondary N) is 1. The highest BCUT2D eigenvalue weighted by Gasteiger charge is 2.24. The van der Waals surface area contributed by atoms with Crippen molar-refractivity contribution in [3.05, 3.63) is 21.3 Å². The van der Waals surface area contributed by atoms with E-state index in [9.17, 15) is 4.79 Å². The Kier molecular flexibility index (Phi) is 6.08. The van der Waals surface area contributed by atoms with Gasteiger partial charge >= 0.3 is 0 Å². The molecule has 0 aliphatic rings. The molecule has 1 aromatic heterocycles. The van der Waals surface area contributed by atoms with Gasteiger partial charge in [-0.3, -0.25) is 9.69 Å². The standard InChI is InChI=1S/C12H20ClN3OS/c1-4-15-11(17)7-16(3)12(8(2)14)9-5-6-10(13)18-9/h5-6,8,12H,4,7,14H2,1-3H3,(H,15,17). The first-order valence-corrected chi connectivity index (χ1v) is 7.13. The van der Waals surface area contributed by atoms with E-state index in [2.05, 4.69) is 5.32 Å². The number of carbonyl (C=O) groups is 1. The quantitative estimate of drug-likeness (QED) is 0.840. The number of hydrogen-bond donors (Lipinski definition) is 2. The van der Waals surface area contributed by atoms with Crippen LogP contribution in [0.15, 0.2) is 12.1 Å². The first-order valence-electron chi connectivity index (χ1n) is 5.93. The lowest BCUT2D eigenvalue weighted by Gasteiger charge is -2.29. The highest BCUT2D eigenvalue weighted by molar-refractivity contribution is 7.16. The Bertz CT molecular complexity index is 394. The van der Waals surface area contributed by atoms with E-state index in [0.29, 0.717) is 13.1 Å². The Morgan fingerprint density at radius 1 is 1.61 bits per heavy atom. The molecule has 1 heterocycles. The topological polar surface area (TPSA) is 58.4 Å². The Morgan fingerprint density at radius 3 is 2.72 bits per heavy atom. The third-order valence-electron chi connectivity index (χ3n) is 2.63. The zero-order chi connectivity index (χ0) is 13.7. The predicted octanol–water partition coefficient (Wildman–Crippen LogP) is 1.86. The molecule has 2 unspecified atom stereocenters. The van der Waals surface area contributed by atoms with Crippen LogP contribution < -0.4 is 11.1 Å². The smallest absolute Gasteiger partial charge is 0.234 e. The fourth-order valence-corrected chi connectivity index (χ4v) is 3.29. The number of thiophene rings is 1. The molecule has 0 fully saturated rings. The SMILES string of the molecule is CCNC(=O)CN(C)C(c1ccc(Cl)s1)C(C)N. The van der Waals surface area contributed by atoms with Crippen molar-refractivity contribution in [2.45, 2.75) is 25.9 Å². The summed E-state index contributed by atoms with van der Waals surface area (Å²) < 4.78 is 0.738. The average Bonchev–Trinajstić information content (AvgIpc) is 2.64. The second-order valence-electron chi connectivity index (χ2n) is 4.31. The summed E-state index contributed by atoms with van der Waals surface area (Å²) in [5.74, 6) is 0.00769. The van der Waals surface area contributed by atoms with Crippen LogP contribution in [-0.2, 0) is 4.79 Å². The minimum atomic E-state index is -0.0702. The molecule has 0 saturated carbocycles. The zero-order valence-electron chi connectivity index (χ0n) is 10.9. The second-order valence-corrected chi connectivity index (χ2v) is 6.06. The van der Waals surface area contributed by atoms with Crippen LogP contribution in [0.4, 0.5) is 0 Å². The number of nitrogens with two attached hydrogens (primary N) is 1. The number of rotatable bonds is 6. The van der Waals surface area contributed by atoms with E-state index in [0.717, 1.165) is 9.21 Å². The molecule has 102 valence electrons. The molecule has 0 radical (unpaired) electrons. The van der Waals surface area contributed by atoms with Crippen LogP contribution in [-0.4, -0.2) is 37.0 Å². The van der Waals surface area contributed by atoms with Gasteiger partial charge < -0.3 is 11.1 Å². The monoisotopic (exact) mass is 289 g/mol. The van der Waals surface area contributed by atoms with Gasteiger partial charge in [0.15, 0.2) is 0 Å². The number of halogens is 1. The average molecular weight is 290 g/mol. The molecule has 1 rings (SSSR count). The summed E-state index contributed by atoms with van der Waals surface area (Å²) in [7, 11) is 1.90. The summed E-state index contributed by atoms with van der Waals surface area (Å²) in [5.41, 5.74) is 6.02. The van der Waals surface area contributed by atoms with Crippen LogP contribution in [0.2, 0.25) is 4.34 Å². The molecule has 4 nitrogen and oxygen atoms in total. The maximum absolute atomic E-state index is 11.6. The van der Waals surface area contributed by atoms with Gasteiger partial charge in [-0.15, -0.1) is 11.3 Å². The molecule has 2 atom stereocenters. The van der Waals surface area contributed by atoms with Crippen LogP contribution in [0.1, 0.15) is 24.8 Å². The first kappa shape index (κ1) is 15.4. The molecule has 0 aliphatic carbocycles. The largest absolute Gasteiger partial charge is 0.355 e. The van der Waals surface area contributed by atoms with Crippen LogP contribution in [0.3, 0.4) is 0 Å². The summed E-state index contributed by atoms with van der Waals surface area (Å²) in [6.07, 6.45) is 0. The molecular weight excluding hydrogens is 270 g/mol. The van der Waals surface area contributed by atoms with Gasteiger partial charge in [-0.25, -0.2) is 0 Å². The third kappa shape index (κ3) is 4.24. The Balaban J connectivity index is 2.76. The van der Waals surface area contributed by atoms with Crippen LogP contribution >= 0.6 is 22.9 Å². The van der Waals surface area contributed by atoms with Gasteiger partial charge in [0.25, 0.3) is 0 Å². The van der Waals surface area contributed by atoms with E-state index in [-0.39, 0.29) is 18.0 Å². The molecule has 18 heavy (non-hydrogen) atoms. The highest BCUT2D eigenvalue weighted by atomic mass is 35.5. The molecule has 0 saturated heterocycles. The van der Waals surface area contributed by atoms with Gasteiger partial charge in [0.05, 0.1) is 16.9 Å². The lowest BCUT2D eigenvalue weighted by molar-refractivity contribution is -0.122. The van der Waals surface area contributed by atoms with Crippen LogP contribution in [0.25, 0.3) is 0 Å². The summed E-state index contributed by atoms with van der Waals surface area (Å²) in [6.45, 7) is 4.81. The first-order chi connectivity index (χ1) is 8.45. The molecule has 0 spiro atoms. The highest BCUT2D eigenvalue weighted by Crippen LogP contribution is 2.31. The van der Waals surface area contributed by atoms with E-state index in [1.54, 1.807) is 0 Å². The summed E-state index contributed by atoms with van der Waals surface area (Å²) in [4.78, 5) is 14.6. The minimum absolute atomic E-state index is 0.00473. The summed E-state index contributed by atoms with van der Waals surface area (Å²) in [6, 6.07) is 3.76. The number of hydrogen-bond acceptors (Lipinski definition) is 4. The van der Waals surface area contributed by atoms with Crippen molar-refractivity contribution in [2.75, 3.05) is 20.1 Å². The van der Waals surface area contributed by atoms with Gasteiger partial charge in [-0.1, -0.05) is 11.6 Å². The Labute approximate surface area is 117 Å². The normalized spacial score (nSPS) is 14.6. The van der Waals surface area contributed by atoms with E-state index in [4.69, 9.17) is 17.3 Å². The lowest BCUT2D eigenvalue weighted by Crippen LogP contribution is -2.42. The summed E-state index contributed by atoms with van der Waals surface area (Å²) in [5, 5.41) is 2.78. The Hall–Kier alpha value is -0.620. The molecule has 0 aromatic carbocycles. The van der Waals surface area contributed by atoms with Crippen molar-refractivity contribution < 1.29 is 4.79 Å². The molecule has 0 bridgehead atoms.